The van der Waals surface area contributed by atoms with Gasteiger partial charge in [-0.1, -0.05) is 44.2 Å². The van der Waals surface area contributed by atoms with Gasteiger partial charge in [-0.2, -0.15) is 0 Å². The Bertz CT molecular complexity index is 1140. The first-order valence-electron chi connectivity index (χ1n) is 10.4. The number of hydrogen-bond donors (Lipinski definition) is 1. The van der Waals surface area contributed by atoms with E-state index in [2.05, 4.69) is 4.98 Å². The summed E-state index contributed by atoms with van der Waals surface area (Å²) in [7, 11) is 0. The second kappa shape index (κ2) is 8.63. The number of amides is 3. The molecule has 1 unspecified atom stereocenters. The van der Waals surface area contributed by atoms with Crippen molar-refractivity contribution in [1.82, 2.24) is 9.88 Å². The van der Waals surface area contributed by atoms with Gasteiger partial charge < -0.3 is 10.0 Å². The van der Waals surface area contributed by atoms with E-state index in [9.17, 15) is 19.5 Å². The highest BCUT2D eigenvalue weighted by atomic mass is 16.3. The maximum atomic E-state index is 13.9. The van der Waals surface area contributed by atoms with Crippen LogP contribution in [-0.4, -0.2) is 38.8 Å². The summed E-state index contributed by atoms with van der Waals surface area (Å²) in [5, 5.41) is 10.5. The summed E-state index contributed by atoms with van der Waals surface area (Å²) in [6.07, 6.45) is 1.62. The summed E-state index contributed by atoms with van der Waals surface area (Å²) in [6.45, 7) is 3.65. The van der Waals surface area contributed by atoms with Crippen molar-refractivity contribution in [3.05, 3.63) is 89.7 Å². The van der Waals surface area contributed by atoms with Gasteiger partial charge in [0.15, 0.2) is 0 Å². The molecule has 0 fully saturated rings. The van der Waals surface area contributed by atoms with Gasteiger partial charge in [0.25, 0.3) is 17.7 Å². The van der Waals surface area contributed by atoms with Crippen molar-refractivity contribution in [3.63, 3.8) is 0 Å². The van der Waals surface area contributed by atoms with Crippen LogP contribution in [-0.2, 0) is 11.3 Å². The third-order valence-corrected chi connectivity index (χ3v) is 5.47. The van der Waals surface area contributed by atoms with Crippen LogP contribution in [0, 0.1) is 5.92 Å². The number of aromatic hydroxyl groups is 1. The molecule has 0 bridgehead atoms. The molecule has 1 aliphatic rings. The molecule has 0 aliphatic carbocycles. The number of phenols is 1. The first-order chi connectivity index (χ1) is 15.4. The van der Waals surface area contributed by atoms with E-state index in [1.54, 1.807) is 80.7 Å². The van der Waals surface area contributed by atoms with E-state index >= 15 is 0 Å². The molecule has 32 heavy (non-hydrogen) atoms. The lowest BCUT2D eigenvalue weighted by molar-refractivity contribution is -0.123. The average Bonchev–Trinajstić information content (AvgIpc) is 3.04. The number of pyridine rings is 1. The quantitative estimate of drug-likeness (QED) is 0.604. The lowest BCUT2D eigenvalue weighted by atomic mass is 10.00. The van der Waals surface area contributed by atoms with Crippen LogP contribution in [0.25, 0.3) is 0 Å². The summed E-state index contributed by atoms with van der Waals surface area (Å²) in [6, 6.07) is 17.3. The SMILES string of the molecule is CC(C)C(C(=O)N(Cc1ccccn1)c1ccccc1O)N1C(=O)c2ccccc2C1=O. The minimum atomic E-state index is -1.05. The van der Waals surface area contributed by atoms with E-state index in [0.717, 1.165) is 4.90 Å². The molecule has 0 radical (unpaired) electrons. The van der Waals surface area contributed by atoms with Crippen LogP contribution >= 0.6 is 0 Å². The van der Waals surface area contributed by atoms with Crippen LogP contribution in [0.2, 0.25) is 0 Å². The van der Waals surface area contributed by atoms with Gasteiger partial charge in [0.2, 0.25) is 0 Å². The molecule has 2 aromatic carbocycles. The summed E-state index contributed by atoms with van der Waals surface area (Å²) in [5.74, 6) is -1.90. The second-order valence-corrected chi connectivity index (χ2v) is 7.95. The Morgan fingerprint density at radius 1 is 0.938 bits per heavy atom. The van der Waals surface area contributed by atoms with Gasteiger partial charge >= 0.3 is 0 Å². The molecule has 0 spiro atoms. The van der Waals surface area contributed by atoms with Gasteiger partial charge in [0.05, 0.1) is 29.1 Å². The highest BCUT2D eigenvalue weighted by molar-refractivity contribution is 6.23. The highest BCUT2D eigenvalue weighted by Gasteiger charge is 2.45. The first-order valence-corrected chi connectivity index (χ1v) is 10.4. The van der Waals surface area contributed by atoms with Crippen LogP contribution in [0.1, 0.15) is 40.3 Å². The number of anilines is 1. The van der Waals surface area contributed by atoms with Crippen molar-refractivity contribution in [2.75, 3.05) is 4.90 Å². The maximum Gasteiger partial charge on any atom is 0.262 e. The van der Waals surface area contributed by atoms with E-state index in [1.807, 2.05) is 0 Å². The molecule has 0 saturated heterocycles. The number of fused-ring (bicyclic) bond motifs is 1. The van der Waals surface area contributed by atoms with Crippen LogP contribution in [0.3, 0.4) is 0 Å². The monoisotopic (exact) mass is 429 g/mol. The largest absolute Gasteiger partial charge is 0.506 e. The molecule has 1 N–H and O–H groups in total. The number of rotatable bonds is 6. The van der Waals surface area contributed by atoms with Crippen LogP contribution in [0.5, 0.6) is 5.75 Å². The fraction of sp³-hybridized carbons (Fsp3) is 0.200. The normalized spacial score (nSPS) is 13.9. The summed E-state index contributed by atoms with van der Waals surface area (Å²) < 4.78 is 0. The van der Waals surface area contributed by atoms with Crippen molar-refractivity contribution in [3.8, 4) is 5.75 Å². The number of para-hydroxylation sites is 2. The van der Waals surface area contributed by atoms with Crippen LogP contribution in [0.4, 0.5) is 5.69 Å². The van der Waals surface area contributed by atoms with Gasteiger partial charge in [0.1, 0.15) is 11.8 Å². The average molecular weight is 429 g/mol. The van der Waals surface area contributed by atoms with Crippen molar-refractivity contribution in [2.45, 2.75) is 26.4 Å². The molecule has 2 heterocycles. The lowest BCUT2D eigenvalue weighted by Gasteiger charge is -2.33. The molecule has 3 amide bonds. The Balaban J connectivity index is 1.76. The molecule has 7 heteroatoms. The zero-order chi connectivity index (χ0) is 22.8. The number of phenolic OH excluding ortho intramolecular Hbond substituents is 1. The van der Waals surface area contributed by atoms with Crippen LogP contribution < -0.4 is 4.90 Å². The van der Waals surface area contributed by atoms with Crippen molar-refractivity contribution >= 4 is 23.4 Å². The molecule has 7 nitrogen and oxygen atoms in total. The van der Waals surface area contributed by atoms with Gasteiger partial charge in [-0.05, 0) is 42.3 Å². The van der Waals surface area contributed by atoms with E-state index in [4.69, 9.17) is 0 Å². The van der Waals surface area contributed by atoms with Gasteiger partial charge in [-0.3, -0.25) is 24.3 Å². The Morgan fingerprint density at radius 3 is 2.09 bits per heavy atom. The number of carbonyl (C=O) groups is 3. The minimum absolute atomic E-state index is 0.0731. The van der Waals surface area contributed by atoms with Crippen molar-refractivity contribution in [1.29, 1.82) is 0 Å². The van der Waals surface area contributed by atoms with Crippen molar-refractivity contribution < 1.29 is 19.5 Å². The standard InChI is InChI=1S/C25H23N3O4/c1-16(2)22(28-23(30)18-10-3-4-11-19(18)24(28)31)25(32)27(15-17-9-7-8-14-26-17)20-12-5-6-13-21(20)29/h3-14,16,22,29H,15H2,1-2H3. The zero-order valence-electron chi connectivity index (χ0n) is 17.8. The van der Waals surface area contributed by atoms with E-state index in [1.165, 1.54) is 11.0 Å². The number of carbonyl (C=O) groups excluding carboxylic acids is 3. The molecule has 0 saturated carbocycles. The van der Waals surface area contributed by atoms with Crippen LogP contribution in [0.15, 0.2) is 72.9 Å². The molecule has 1 aromatic heterocycles. The first kappa shape index (κ1) is 21.2. The number of imide groups is 1. The third-order valence-electron chi connectivity index (χ3n) is 5.47. The smallest absolute Gasteiger partial charge is 0.262 e. The predicted octanol–water partition coefficient (Wildman–Crippen LogP) is 3.64. The Hall–Kier alpha value is -4.00. The molecule has 1 atom stereocenters. The number of benzene rings is 2. The second-order valence-electron chi connectivity index (χ2n) is 7.95. The molecular formula is C25H23N3O4. The third kappa shape index (κ3) is 3.73. The summed E-state index contributed by atoms with van der Waals surface area (Å²) in [4.78, 5) is 46.9. The fourth-order valence-electron chi connectivity index (χ4n) is 3.94. The molecule has 4 rings (SSSR count). The zero-order valence-corrected chi connectivity index (χ0v) is 17.8. The summed E-state index contributed by atoms with van der Waals surface area (Å²) in [5.41, 5.74) is 1.46. The predicted molar refractivity (Wildman–Crippen MR) is 119 cm³/mol. The number of aromatic nitrogens is 1. The van der Waals surface area contributed by atoms with E-state index < -0.39 is 23.8 Å². The highest BCUT2D eigenvalue weighted by Crippen LogP contribution is 2.32. The Kier molecular flexibility index (Phi) is 5.73. The van der Waals surface area contributed by atoms with Gasteiger partial charge in [-0.15, -0.1) is 0 Å². The molecule has 3 aromatic rings. The maximum absolute atomic E-state index is 13.9. The Labute approximate surface area is 185 Å². The topological polar surface area (TPSA) is 90.8 Å². The van der Waals surface area contributed by atoms with E-state index in [-0.39, 0.29) is 35.0 Å². The summed E-state index contributed by atoms with van der Waals surface area (Å²) >= 11 is 0. The molecule has 1 aliphatic heterocycles. The van der Waals surface area contributed by atoms with Gasteiger partial charge in [-0.25, -0.2) is 0 Å². The lowest BCUT2D eigenvalue weighted by Crippen LogP contribution is -2.53. The Morgan fingerprint density at radius 2 is 1.53 bits per heavy atom. The minimum Gasteiger partial charge on any atom is -0.506 e. The molecular weight excluding hydrogens is 406 g/mol. The van der Waals surface area contributed by atoms with Gasteiger partial charge in [0, 0.05) is 6.20 Å². The fourth-order valence-corrected chi connectivity index (χ4v) is 3.94. The van der Waals surface area contributed by atoms with Crippen molar-refractivity contribution in [2.24, 2.45) is 5.92 Å². The molecule has 162 valence electrons. The number of nitrogens with zero attached hydrogens (tertiary/aromatic N) is 3. The van der Waals surface area contributed by atoms with E-state index in [0.29, 0.717) is 5.69 Å². The number of hydrogen-bond acceptors (Lipinski definition) is 5.